The number of para-hydroxylation sites is 1. The number of benzene rings is 1. The van der Waals surface area contributed by atoms with Crippen LogP contribution in [0.25, 0.3) is 0 Å². The molecule has 3 heteroatoms. The number of hydrogen-bond acceptors (Lipinski definition) is 3. The zero-order valence-corrected chi connectivity index (χ0v) is 9.60. The molecule has 0 radical (unpaired) electrons. The van der Waals surface area contributed by atoms with E-state index in [1.165, 1.54) is 7.11 Å². The van der Waals surface area contributed by atoms with E-state index in [4.69, 9.17) is 4.74 Å². The van der Waals surface area contributed by atoms with Gasteiger partial charge in [-0.15, -0.1) is 0 Å². The van der Waals surface area contributed by atoms with E-state index in [-0.39, 0.29) is 5.97 Å². The van der Waals surface area contributed by atoms with E-state index in [0.717, 1.165) is 5.75 Å². The summed E-state index contributed by atoms with van der Waals surface area (Å²) in [6.45, 7) is 2.28. The molecular formula is C13H16O3. The van der Waals surface area contributed by atoms with Gasteiger partial charge in [0.1, 0.15) is 5.75 Å². The molecule has 0 unspecified atom stereocenters. The van der Waals surface area contributed by atoms with E-state index in [2.05, 4.69) is 4.74 Å². The van der Waals surface area contributed by atoms with Crippen LogP contribution in [-0.2, 0) is 9.53 Å². The van der Waals surface area contributed by atoms with E-state index >= 15 is 0 Å². The van der Waals surface area contributed by atoms with Gasteiger partial charge in [-0.2, -0.15) is 0 Å². The summed E-state index contributed by atoms with van der Waals surface area (Å²) in [5, 5.41) is 0. The lowest BCUT2D eigenvalue weighted by Gasteiger charge is -2.03. The van der Waals surface area contributed by atoms with Crippen LogP contribution in [0.15, 0.2) is 42.0 Å². The Hall–Kier alpha value is -1.77. The molecule has 0 aromatic heterocycles. The number of methoxy groups -OCH3 is 1. The molecule has 0 N–H and O–H groups in total. The fourth-order valence-corrected chi connectivity index (χ4v) is 1.21. The van der Waals surface area contributed by atoms with E-state index in [1.54, 1.807) is 6.92 Å². The van der Waals surface area contributed by atoms with Crippen LogP contribution in [-0.4, -0.2) is 19.7 Å². The molecule has 0 aliphatic rings. The van der Waals surface area contributed by atoms with Gasteiger partial charge in [0.05, 0.1) is 13.7 Å². The van der Waals surface area contributed by atoms with Crippen molar-refractivity contribution in [2.75, 3.05) is 13.7 Å². The standard InChI is InChI=1S/C13H16O3/c1-11(13(14)15-2)7-6-10-16-12-8-4-3-5-9-12/h3-5,7-9H,6,10H2,1-2H3. The monoisotopic (exact) mass is 220 g/mol. The predicted molar refractivity (Wildman–Crippen MR) is 62.3 cm³/mol. The maximum atomic E-state index is 11.0. The van der Waals surface area contributed by atoms with Gasteiger partial charge in [-0.05, 0) is 19.1 Å². The molecule has 86 valence electrons. The molecule has 3 nitrogen and oxygen atoms in total. The molecule has 0 spiro atoms. The SMILES string of the molecule is COC(=O)C(C)=CCCOc1ccccc1. The highest BCUT2D eigenvalue weighted by Gasteiger charge is 2.01. The molecule has 0 heterocycles. The zero-order chi connectivity index (χ0) is 11.8. The van der Waals surface area contributed by atoms with E-state index in [1.807, 2.05) is 36.4 Å². The maximum Gasteiger partial charge on any atom is 0.333 e. The molecule has 1 aromatic carbocycles. The van der Waals surface area contributed by atoms with Crippen molar-refractivity contribution in [2.45, 2.75) is 13.3 Å². The number of carbonyl (C=O) groups is 1. The Morgan fingerprint density at radius 2 is 2.00 bits per heavy atom. The van der Waals surface area contributed by atoms with Crippen LogP contribution in [0.1, 0.15) is 13.3 Å². The van der Waals surface area contributed by atoms with Gasteiger partial charge in [0.25, 0.3) is 0 Å². The van der Waals surface area contributed by atoms with Gasteiger partial charge in [0, 0.05) is 12.0 Å². The molecule has 0 bridgehead atoms. The van der Waals surface area contributed by atoms with Gasteiger partial charge in [0.2, 0.25) is 0 Å². The molecule has 0 fully saturated rings. The number of ether oxygens (including phenoxy) is 2. The lowest BCUT2D eigenvalue weighted by molar-refractivity contribution is -0.136. The van der Waals surface area contributed by atoms with Gasteiger partial charge in [-0.3, -0.25) is 0 Å². The van der Waals surface area contributed by atoms with Crippen molar-refractivity contribution < 1.29 is 14.3 Å². The summed E-state index contributed by atoms with van der Waals surface area (Å²) in [4.78, 5) is 11.0. The highest BCUT2D eigenvalue weighted by Crippen LogP contribution is 2.08. The summed E-state index contributed by atoms with van der Waals surface area (Å²) in [7, 11) is 1.38. The normalized spacial score (nSPS) is 11.0. The second-order valence-corrected chi connectivity index (χ2v) is 3.33. The lowest BCUT2D eigenvalue weighted by atomic mass is 10.2. The molecule has 1 rings (SSSR count). The molecule has 0 saturated heterocycles. The smallest absolute Gasteiger partial charge is 0.333 e. The number of carbonyl (C=O) groups excluding carboxylic acids is 1. The molecule has 0 amide bonds. The second-order valence-electron chi connectivity index (χ2n) is 3.33. The first-order valence-corrected chi connectivity index (χ1v) is 5.17. The Morgan fingerprint density at radius 3 is 2.62 bits per heavy atom. The van der Waals surface area contributed by atoms with Crippen molar-refractivity contribution >= 4 is 5.97 Å². The fraction of sp³-hybridized carbons (Fsp3) is 0.308. The third-order valence-corrected chi connectivity index (χ3v) is 2.09. The highest BCUT2D eigenvalue weighted by atomic mass is 16.5. The minimum atomic E-state index is -0.292. The van der Waals surface area contributed by atoms with Crippen molar-refractivity contribution in [1.82, 2.24) is 0 Å². The average Bonchev–Trinajstić information content (AvgIpc) is 2.34. The third kappa shape index (κ3) is 4.17. The van der Waals surface area contributed by atoms with Gasteiger partial charge < -0.3 is 9.47 Å². The molecule has 1 aromatic rings. The largest absolute Gasteiger partial charge is 0.493 e. The second kappa shape index (κ2) is 6.67. The summed E-state index contributed by atoms with van der Waals surface area (Å²) in [6, 6.07) is 9.58. The molecular weight excluding hydrogens is 204 g/mol. The first-order valence-electron chi connectivity index (χ1n) is 5.17. The van der Waals surface area contributed by atoms with E-state index in [0.29, 0.717) is 18.6 Å². The summed E-state index contributed by atoms with van der Waals surface area (Å²) in [5.74, 6) is 0.548. The van der Waals surface area contributed by atoms with Gasteiger partial charge in [0.15, 0.2) is 0 Å². The Bertz CT molecular complexity index is 355. The van der Waals surface area contributed by atoms with Crippen LogP contribution in [0, 0.1) is 0 Å². The highest BCUT2D eigenvalue weighted by molar-refractivity contribution is 5.87. The van der Waals surface area contributed by atoms with Crippen molar-refractivity contribution in [2.24, 2.45) is 0 Å². The summed E-state index contributed by atoms with van der Waals surface area (Å²) < 4.78 is 10.1. The maximum absolute atomic E-state index is 11.0. The fourth-order valence-electron chi connectivity index (χ4n) is 1.21. The predicted octanol–water partition coefficient (Wildman–Crippen LogP) is 2.57. The first kappa shape index (κ1) is 12.3. The van der Waals surface area contributed by atoms with Crippen LogP contribution in [0.3, 0.4) is 0 Å². The first-order chi connectivity index (χ1) is 7.74. The minimum Gasteiger partial charge on any atom is -0.493 e. The molecule has 0 aliphatic carbocycles. The van der Waals surface area contributed by atoms with Crippen molar-refractivity contribution in [3.05, 3.63) is 42.0 Å². The molecule has 16 heavy (non-hydrogen) atoms. The number of esters is 1. The Labute approximate surface area is 95.7 Å². The van der Waals surface area contributed by atoms with Crippen LogP contribution >= 0.6 is 0 Å². The Kier molecular flexibility index (Phi) is 5.12. The molecule has 0 aliphatic heterocycles. The minimum absolute atomic E-state index is 0.292. The van der Waals surface area contributed by atoms with Crippen LogP contribution in [0.2, 0.25) is 0 Å². The number of rotatable bonds is 5. The van der Waals surface area contributed by atoms with E-state index in [9.17, 15) is 4.79 Å². The topological polar surface area (TPSA) is 35.5 Å². The number of hydrogen-bond donors (Lipinski definition) is 0. The van der Waals surface area contributed by atoms with Gasteiger partial charge in [-0.1, -0.05) is 24.3 Å². The third-order valence-electron chi connectivity index (χ3n) is 2.09. The Morgan fingerprint density at radius 1 is 1.31 bits per heavy atom. The quantitative estimate of drug-likeness (QED) is 0.434. The zero-order valence-electron chi connectivity index (χ0n) is 9.60. The lowest BCUT2D eigenvalue weighted by Crippen LogP contribution is -2.02. The average molecular weight is 220 g/mol. The van der Waals surface area contributed by atoms with E-state index < -0.39 is 0 Å². The Balaban J connectivity index is 2.29. The molecule has 0 saturated carbocycles. The van der Waals surface area contributed by atoms with Crippen LogP contribution in [0.4, 0.5) is 0 Å². The van der Waals surface area contributed by atoms with Gasteiger partial charge >= 0.3 is 5.97 Å². The van der Waals surface area contributed by atoms with Crippen molar-refractivity contribution in [3.8, 4) is 5.75 Å². The summed E-state index contributed by atoms with van der Waals surface area (Å²) in [5.41, 5.74) is 0.610. The molecule has 0 atom stereocenters. The summed E-state index contributed by atoms with van der Waals surface area (Å²) in [6.07, 6.45) is 2.50. The van der Waals surface area contributed by atoms with Crippen LogP contribution in [0.5, 0.6) is 5.75 Å². The van der Waals surface area contributed by atoms with Crippen molar-refractivity contribution in [1.29, 1.82) is 0 Å². The van der Waals surface area contributed by atoms with Crippen LogP contribution < -0.4 is 4.74 Å². The summed E-state index contributed by atoms with van der Waals surface area (Å²) >= 11 is 0. The van der Waals surface area contributed by atoms with Gasteiger partial charge in [-0.25, -0.2) is 4.79 Å². The van der Waals surface area contributed by atoms with Crippen molar-refractivity contribution in [3.63, 3.8) is 0 Å².